The topological polar surface area (TPSA) is 15.3 Å². The minimum atomic E-state index is 0.261. The van der Waals surface area contributed by atoms with Crippen LogP contribution in [0.5, 0.6) is 0 Å². The van der Waals surface area contributed by atoms with Gasteiger partial charge in [-0.2, -0.15) is 0 Å². The van der Waals surface area contributed by atoms with Crippen LogP contribution in [0.3, 0.4) is 0 Å². The fraction of sp³-hybridized carbons (Fsp3) is 0.625. The number of hydrogen-bond donors (Lipinski definition) is 1. The first-order valence-electron chi connectivity index (χ1n) is 7.29. The number of nitrogens with zero attached hydrogens (tertiary/aromatic N) is 1. The zero-order chi connectivity index (χ0) is 14.0. The van der Waals surface area contributed by atoms with E-state index in [-0.39, 0.29) is 5.54 Å². The Kier molecular flexibility index (Phi) is 4.57. The van der Waals surface area contributed by atoms with Gasteiger partial charge in [-0.05, 0) is 60.3 Å². The van der Waals surface area contributed by atoms with Crippen LogP contribution in [-0.4, -0.2) is 24.7 Å². The summed E-state index contributed by atoms with van der Waals surface area (Å²) in [7, 11) is 0. The third-order valence-electron chi connectivity index (χ3n) is 4.54. The number of anilines is 1. The molecule has 0 spiro atoms. The Morgan fingerprint density at radius 2 is 2.05 bits per heavy atom. The third-order valence-corrected chi connectivity index (χ3v) is 5.18. The summed E-state index contributed by atoms with van der Waals surface area (Å²) in [6.07, 6.45) is 2.35. The smallest absolute Gasteiger partial charge is 0.0514 e. The Labute approximate surface area is 125 Å². The Morgan fingerprint density at radius 1 is 1.37 bits per heavy atom. The summed E-state index contributed by atoms with van der Waals surface area (Å²) in [5, 5.41) is 3.76. The van der Waals surface area contributed by atoms with Crippen LogP contribution in [0.15, 0.2) is 22.7 Å². The van der Waals surface area contributed by atoms with Crippen molar-refractivity contribution in [3.05, 3.63) is 28.2 Å². The molecule has 1 unspecified atom stereocenters. The highest BCUT2D eigenvalue weighted by Gasteiger charge is 2.35. The van der Waals surface area contributed by atoms with Gasteiger partial charge in [0, 0.05) is 29.1 Å². The molecule has 1 saturated heterocycles. The van der Waals surface area contributed by atoms with Crippen LogP contribution in [0, 0.1) is 6.92 Å². The molecule has 0 saturated carbocycles. The van der Waals surface area contributed by atoms with Crippen LogP contribution in [0.1, 0.15) is 39.2 Å². The van der Waals surface area contributed by atoms with Crippen LogP contribution in [-0.2, 0) is 0 Å². The van der Waals surface area contributed by atoms with Crippen molar-refractivity contribution < 1.29 is 0 Å². The summed E-state index contributed by atoms with van der Waals surface area (Å²) in [6.45, 7) is 11.2. The predicted octanol–water partition coefficient (Wildman–Crippen LogP) is 4.11. The lowest BCUT2D eigenvalue weighted by Gasteiger charge is -2.48. The van der Waals surface area contributed by atoms with Gasteiger partial charge in [0.2, 0.25) is 0 Å². The summed E-state index contributed by atoms with van der Waals surface area (Å²) in [6, 6.07) is 7.19. The molecule has 1 aliphatic rings. The molecule has 1 heterocycles. The molecule has 1 fully saturated rings. The van der Waals surface area contributed by atoms with Crippen LogP contribution < -0.4 is 10.2 Å². The predicted molar refractivity (Wildman–Crippen MR) is 87.0 cm³/mol. The number of aryl methyl sites for hydroxylation is 1. The van der Waals surface area contributed by atoms with Crippen molar-refractivity contribution in [2.45, 2.75) is 52.1 Å². The second-order valence-corrected chi connectivity index (χ2v) is 6.65. The molecule has 1 aromatic carbocycles. The number of rotatable bonds is 3. The molecule has 0 radical (unpaired) electrons. The van der Waals surface area contributed by atoms with Crippen molar-refractivity contribution in [3.63, 3.8) is 0 Å². The maximum absolute atomic E-state index is 3.76. The first-order chi connectivity index (χ1) is 9.01. The van der Waals surface area contributed by atoms with Gasteiger partial charge in [-0.3, -0.25) is 0 Å². The Hall–Kier alpha value is -0.540. The summed E-state index contributed by atoms with van der Waals surface area (Å²) in [4.78, 5) is 2.55. The molecule has 106 valence electrons. The molecule has 1 N–H and O–H groups in total. The Morgan fingerprint density at radius 3 is 2.63 bits per heavy atom. The molecule has 1 atom stereocenters. The summed E-state index contributed by atoms with van der Waals surface area (Å²) in [5.41, 5.74) is 2.89. The fourth-order valence-electron chi connectivity index (χ4n) is 2.90. The maximum atomic E-state index is 3.76. The molecule has 0 aromatic heterocycles. The van der Waals surface area contributed by atoms with Crippen LogP contribution in [0.2, 0.25) is 0 Å². The molecule has 1 aromatic rings. The first kappa shape index (κ1) is 14.9. The highest BCUT2D eigenvalue weighted by atomic mass is 79.9. The van der Waals surface area contributed by atoms with Crippen molar-refractivity contribution in [1.82, 2.24) is 5.32 Å². The van der Waals surface area contributed by atoms with Gasteiger partial charge >= 0.3 is 0 Å². The van der Waals surface area contributed by atoms with E-state index in [0.29, 0.717) is 6.04 Å². The standard InChI is InChI=1S/C16H25BrN2/c1-5-16(6-2)11-19(13(4)10-18-16)15-8-7-12(3)9-14(15)17/h7-9,13,18H,5-6,10-11H2,1-4H3. The fourth-order valence-corrected chi connectivity index (χ4v) is 3.62. The highest BCUT2D eigenvalue weighted by molar-refractivity contribution is 9.10. The lowest BCUT2D eigenvalue weighted by molar-refractivity contribution is 0.253. The summed E-state index contributed by atoms with van der Waals surface area (Å²) < 4.78 is 1.21. The summed E-state index contributed by atoms with van der Waals surface area (Å²) >= 11 is 3.73. The van der Waals surface area contributed by atoms with E-state index in [4.69, 9.17) is 0 Å². The number of halogens is 1. The molecule has 2 rings (SSSR count). The van der Waals surface area contributed by atoms with Gasteiger partial charge in [-0.25, -0.2) is 0 Å². The molecule has 0 aliphatic carbocycles. The van der Waals surface area contributed by atoms with E-state index in [0.717, 1.165) is 13.1 Å². The molecule has 0 bridgehead atoms. The largest absolute Gasteiger partial charge is 0.365 e. The third kappa shape index (κ3) is 2.97. The lowest BCUT2D eigenvalue weighted by Crippen LogP contribution is -2.63. The molecular weight excluding hydrogens is 300 g/mol. The van der Waals surface area contributed by atoms with Gasteiger partial charge in [0.25, 0.3) is 0 Å². The number of piperazine rings is 1. The molecule has 2 nitrogen and oxygen atoms in total. The van der Waals surface area contributed by atoms with Gasteiger partial charge in [0.05, 0.1) is 5.69 Å². The van der Waals surface area contributed by atoms with E-state index in [1.54, 1.807) is 0 Å². The van der Waals surface area contributed by atoms with Crippen molar-refractivity contribution >= 4 is 21.6 Å². The molecule has 3 heteroatoms. The van der Waals surface area contributed by atoms with Crippen molar-refractivity contribution in [1.29, 1.82) is 0 Å². The van der Waals surface area contributed by atoms with E-state index < -0.39 is 0 Å². The van der Waals surface area contributed by atoms with Gasteiger partial charge in [-0.1, -0.05) is 19.9 Å². The molecule has 1 aliphatic heterocycles. The minimum absolute atomic E-state index is 0.261. The van der Waals surface area contributed by atoms with Gasteiger partial charge in [0.1, 0.15) is 0 Å². The molecule has 19 heavy (non-hydrogen) atoms. The zero-order valence-electron chi connectivity index (χ0n) is 12.5. The number of nitrogens with one attached hydrogen (secondary N) is 1. The van der Waals surface area contributed by atoms with Crippen molar-refractivity contribution in [2.24, 2.45) is 0 Å². The number of benzene rings is 1. The minimum Gasteiger partial charge on any atom is -0.365 e. The average molecular weight is 325 g/mol. The van der Waals surface area contributed by atoms with E-state index in [9.17, 15) is 0 Å². The van der Waals surface area contributed by atoms with E-state index in [1.165, 1.54) is 28.6 Å². The maximum Gasteiger partial charge on any atom is 0.0514 e. The van der Waals surface area contributed by atoms with Gasteiger partial charge in [0.15, 0.2) is 0 Å². The Balaban J connectivity index is 2.31. The van der Waals surface area contributed by atoms with E-state index >= 15 is 0 Å². The molecular formula is C16H25BrN2. The first-order valence-corrected chi connectivity index (χ1v) is 8.08. The SMILES string of the molecule is CCC1(CC)CN(c2ccc(C)cc2Br)C(C)CN1. The summed E-state index contributed by atoms with van der Waals surface area (Å²) in [5.74, 6) is 0. The van der Waals surface area contributed by atoms with Crippen LogP contribution in [0.25, 0.3) is 0 Å². The lowest BCUT2D eigenvalue weighted by atomic mass is 9.88. The van der Waals surface area contributed by atoms with Crippen molar-refractivity contribution in [3.8, 4) is 0 Å². The second kappa shape index (κ2) is 5.84. The van der Waals surface area contributed by atoms with Crippen LogP contribution in [0.4, 0.5) is 5.69 Å². The number of hydrogen-bond acceptors (Lipinski definition) is 2. The van der Waals surface area contributed by atoms with Gasteiger partial charge < -0.3 is 10.2 Å². The Bertz CT molecular complexity index is 440. The molecule has 0 amide bonds. The van der Waals surface area contributed by atoms with Crippen LogP contribution >= 0.6 is 15.9 Å². The quantitative estimate of drug-likeness (QED) is 0.899. The normalized spacial score (nSPS) is 22.6. The van der Waals surface area contributed by atoms with E-state index in [2.05, 4.69) is 72.0 Å². The van der Waals surface area contributed by atoms with Crippen molar-refractivity contribution in [2.75, 3.05) is 18.0 Å². The second-order valence-electron chi connectivity index (χ2n) is 5.80. The van der Waals surface area contributed by atoms with E-state index in [1.807, 2.05) is 0 Å². The average Bonchev–Trinajstić information content (AvgIpc) is 2.41. The highest BCUT2D eigenvalue weighted by Crippen LogP contribution is 2.33. The van der Waals surface area contributed by atoms with Gasteiger partial charge in [-0.15, -0.1) is 0 Å². The monoisotopic (exact) mass is 324 g/mol. The zero-order valence-corrected chi connectivity index (χ0v) is 14.0.